The number of hydrogen-bond acceptors (Lipinski definition) is 4. The molecular formula is C22H17N3O3. The maximum Gasteiger partial charge on any atom is 0.337 e. The van der Waals surface area contributed by atoms with Crippen LogP contribution in [0.25, 0.3) is 16.7 Å². The first kappa shape index (κ1) is 17.5. The van der Waals surface area contributed by atoms with E-state index in [4.69, 9.17) is 0 Å². The summed E-state index contributed by atoms with van der Waals surface area (Å²) < 4.78 is 6.65. The number of nitrogens with zero attached hydrogens (tertiary/aromatic N) is 2. The molecule has 0 radical (unpaired) electrons. The van der Waals surface area contributed by atoms with E-state index < -0.39 is 5.97 Å². The molecule has 0 unspecified atom stereocenters. The van der Waals surface area contributed by atoms with Crippen LogP contribution >= 0.6 is 0 Å². The van der Waals surface area contributed by atoms with Gasteiger partial charge in [-0.15, -0.1) is 0 Å². The number of benzene rings is 3. The van der Waals surface area contributed by atoms with E-state index in [1.54, 1.807) is 30.6 Å². The zero-order chi connectivity index (χ0) is 19.5. The molecule has 1 N–H and O–H groups in total. The second kappa shape index (κ2) is 7.36. The molecule has 0 spiro atoms. The zero-order valence-corrected chi connectivity index (χ0v) is 15.1. The van der Waals surface area contributed by atoms with Gasteiger partial charge in [-0.1, -0.05) is 12.1 Å². The van der Waals surface area contributed by atoms with Crippen molar-refractivity contribution in [3.63, 3.8) is 0 Å². The number of aromatic nitrogens is 2. The highest BCUT2D eigenvalue weighted by atomic mass is 16.5. The van der Waals surface area contributed by atoms with Crippen LogP contribution in [-0.4, -0.2) is 28.5 Å². The topological polar surface area (TPSA) is 73.2 Å². The summed E-state index contributed by atoms with van der Waals surface area (Å²) in [6.45, 7) is 0. The quantitative estimate of drug-likeness (QED) is 0.549. The van der Waals surface area contributed by atoms with Gasteiger partial charge in [-0.3, -0.25) is 9.36 Å². The molecule has 1 amide bonds. The number of fused-ring (bicyclic) bond motifs is 1. The Labute approximate surface area is 161 Å². The fourth-order valence-corrected chi connectivity index (χ4v) is 2.95. The van der Waals surface area contributed by atoms with E-state index in [1.165, 1.54) is 7.11 Å². The molecule has 0 atom stereocenters. The molecule has 28 heavy (non-hydrogen) atoms. The first-order valence-corrected chi connectivity index (χ1v) is 8.68. The van der Waals surface area contributed by atoms with Crippen molar-refractivity contribution >= 4 is 28.6 Å². The van der Waals surface area contributed by atoms with E-state index in [0.29, 0.717) is 16.8 Å². The van der Waals surface area contributed by atoms with Crippen molar-refractivity contribution in [2.45, 2.75) is 0 Å². The Morgan fingerprint density at radius 2 is 1.57 bits per heavy atom. The molecule has 0 saturated heterocycles. The van der Waals surface area contributed by atoms with Crippen molar-refractivity contribution in [1.29, 1.82) is 0 Å². The first-order valence-electron chi connectivity index (χ1n) is 8.68. The van der Waals surface area contributed by atoms with Crippen LogP contribution in [0.3, 0.4) is 0 Å². The van der Waals surface area contributed by atoms with E-state index in [0.717, 1.165) is 16.7 Å². The number of para-hydroxylation sites is 2. The Kier molecular flexibility index (Phi) is 4.60. The standard InChI is InChI=1S/C22H17N3O3/c1-28-22(27)16-8-6-15(7-9-16)21(26)24-17-10-12-18(13-11-17)25-14-23-19-4-2-3-5-20(19)25/h2-14H,1H3,(H,24,26). The van der Waals surface area contributed by atoms with Crippen molar-refractivity contribution in [3.05, 3.63) is 90.3 Å². The van der Waals surface area contributed by atoms with Crippen LogP contribution in [0.5, 0.6) is 0 Å². The van der Waals surface area contributed by atoms with Crippen molar-refractivity contribution in [3.8, 4) is 5.69 Å². The molecule has 4 rings (SSSR count). The molecule has 0 aliphatic rings. The van der Waals surface area contributed by atoms with Gasteiger partial charge in [0.15, 0.2) is 0 Å². The normalized spacial score (nSPS) is 10.6. The molecule has 138 valence electrons. The summed E-state index contributed by atoms with van der Waals surface area (Å²) in [5.74, 6) is -0.688. The zero-order valence-electron chi connectivity index (χ0n) is 15.1. The number of methoxy groups -OCH3 is 1. The second-order valence-electron chi connectivity index (χ2n) is 6.17. The van der Waals surface area contributed by atoms with Crippen LogP contribution in [0.2, 0.25) is 0 Å². The fraction of sp³-hybridized carbons (Fsp3) is 0.0455. The molecule has 6 heteroatoms. The molecular weight excluding hydrogens is 354 g/mol. The van der Waals surface area contributed by atoms with E-state index in [2.05, 4.69) is 15.0 Å². The third kappa shape index (κ3) is 3.35. The summed E-state index contributed by atoms with van der Waals surface area (Å²) in [5, 5.41) is 2.85. The summed E-state index contributed by atoms with van der Waals surface area (Å²) in [6, 6.07) is 21.7. The fourth-order valence-electron chi connectivity index (χ4n) is 2.95. The van der Waals surface area contributed by atoms with Gasteiger partial charge in [0.25, 0.3) is 5.91 Å². The Morgan fingerprint density at radius 3 is 2.29 bits per heavy atom. The monoisotopic (exact) mass is 371 g/mol. The van der Waals surface area contributed by atoms with Crippen LogP contribution in [0, 0.1) is 0 Å². The van der Waals surface area contributed by atoms with Crippen molar-refractivity contribution in [1.82, 2.24) is 9.55 Å². The number of carbonyl (C=O) groups is 2. The van der Waals surface area contributed by atoms with Gasteiger partial charge in [0, 0.05) is 16.9 Å². The van der Waals surface area contributed by atoms with Gasteiger partial charge in [-0.05, 0) is 60.7 Å². The average Bonchev–Trinajstić information content (AvgIpc) is 3.18. The molecule has 4 aromatic rings. The summed E-state index contributed by atoms with van der Waals surface area (Å²) in [6.07, 6.45) is 1.78. The first-order chi connectivity index (χ1) is 13.7. The number of esters is 1. The number of hydrogen-bond donors (Lipinski definition) is 1. The molecule has 0 aliphatic heterocycles. The maximum absolute atomic E-state index is 12.4. The van der Waals surface area contributed by atoms with Gasteiger partial charge < -0.3 is 10.1 Å². The van der Waals surface area contributed by atoms with Crippen LogP contribution in [0.4, 0.5) is 5.69 Å². The highest BCUT2D eigenvalue weighted by molar-refractivity contribution is 6.04. The van der Waals surface area contributed by atoms with Crippen LogP contribution in [0.15, 0.2) is 79.1 Å². The third-order valence-corrected chi connectivity index (χ3v) is 4.43. The minimum Gasteiger partial charge on any atom is -0.465 e. The number of rotatable bonds is 4. The SMILES string of the molecule is COC(=O)c1ccc(C(=O)Nc2ccc(-n3cnc4ccccc43)cc2)cc1. The van der Waals surface area contributed by atoms with Crippen LogP contribution in [-0.2, 0) is 4.74 Å². The lowest BCUT2D eigenvalue weighted by molar-refractivity contribution is 0.0600. The molecule has 0 fully saturated rings. The summed E-state index contributed by atoms with van der Waals surface area (Å²) in [5.41, 5.74) is 4.43. The van der Waals surface area contributed by atoms with Gasteiger partial charge in [0.2, 0.25) is 0 Å². The number of amides is 1. The van der Waals surface area contributed by atoms with Gasteiger partial charge in [0.05, 0.1) is 23.7 Å². The van der Waals surface area contributed by atoms with E-state index in [9.17, 15) is 9.59 Å². The Hall–Kier alpha value is -3.93. The van der Waals surface area contributed by atoms with Gasteiger partial charge in [-0.2, -0.15) is 0 Å². The summed E-state index contributed by atoms with van der Waals surface area (Å²) >= 11 is 0. The molecule has 1 aromatic heterocycles. The lowest BCUT2D eigenvalue weighted by Crippen LogP contribution is -2.12. The smallest absolute Gasteiger partial charge is 0.337 e. The molecule has 0 bridgehead atoms. The van der Waals surface area contributed by atoms with Crippen LogP contribution < -0.4 is 5.32 Å². The van der Waals surface area contributed by atoms with Gasteiger partial charge in [0.1, 0.15) is 6.33 Å². The third-order valence-electron chi connectivity index (χ3n) is 4.43. The van der Waals surface area contributed by atoms with Crippen molar-refractivity contribution in [2.75, 3.05) is 12.4 Å². The molecule has 1 heterocycles. The minimum absolute atomic E-state index is 0.253. The van der Waals surface area contributed by atoms with E-state index in [-0.39, 0.29) is 5.91 Å². The second-order valence-corrected chi connectivity index (χ2v) is 6.17. The summed E-state index contributed by atoms with van der Waals surface area (Å²) in [4.78, 5) is 28.3. The minimum atomic E-state index is -0.436. The Balaban J connectivity index is 1.50. The number of nitrogens with one attached hydrogen (secondary N) is 1. The average molecular weight is 371 g/mol. The Bertz CT molecular complexity index is 1150. The number of carbonyl (C=O) groups excluding carboxylic acids is 2. The molecule has 3 aromatic carbocycles. The van der Waals surface area contributed by atoms with Crippen molar-refractivity contribution < 1.29 is 14.3 Å². The predicted octanol–water partition coefficient (Wildman–Crippen LogP) is 4.06. The Morgan fingerprint density at radius 1 is 0.893 bits per heavy atom. The predicted molar refractivity (Wildman–Crippen MR) is 107 cm³/mol. The van der Waals surface area contributed by atoms with Gasteiger partial charge in [-0.25, -0.2) is 9.78 Å². The molecule has 0 saturated carbocycles. The van der Waals surface area contributed by atoms with E-state index >= 15 is 0 Å². The summed E-state index contributed by atoms with van der Waals surface area (Å²) in [7, 11) is 1.32. The largest absolute Gasteiger partial charge is 0.465 e. The molecule has 6 nitrogen and oxygen atoms in total. The molecule has 0 aliphatic carbocycles. The van der Waals surface area contributed by atoms with Crippen molar-refractivity contribution in [2.24, 2.45) is 0 Å². The van der Waals surface area contributed by atoms with Gasteiger partial charge >= 0.3 is 5.97 Å². The maximum atomic E-state index is 12.4. The highest BCUT2D eigenvalue weighted by Gasteiger charge is 2.10. The lowest BCUT2D eigenvalue weighted by Gasteiger charge is -2.08. The highest BCUT2D eigenvalue weighted by Crippen LogP contribution is 2.20. The van der Waals surface area contributed by atoms with E-state index in [1.807, 2.05) is 53.1 Å². The van der Waals surface area contributed by atoms with Crippen LogP contribution in [0.1, 0.15) is 20.7 Å². The number of imidazole rings is 1. The number of anilines is 1. The lowest BCUT2D eigenvalue weighted by atomic mass is 10.1. The number of ether oxygens (including phenoxy) is 1.